The first-order chi connectivity index (χ1) is 12.6. The Morgan fingerprint density at radius 2 is 2.12 bits per heavy atom. The predicted molar refractivity (Wildman–Crippen MR) is 98.2 cm³/mol. The van der Waals surface area contributed by atoms with Crippen LogP contribution in [-0.2, 0) is 17.6 Å². The third-order valence-electron chi connectivity index (χ3n) is 4.89. The molecule has 0 aromatic carbocycles. The molecule has 4 rings (SSSR count). The summed E-state index contributed by atoms with van der Waals surface area (Å²) in [7, 11) is 0. The van der Waals surface area contributed by atoms with E-state index in [0.717, 1.165) is 37.4 Å². The number of nitrogens with one attached hydrogen (secondary N) is 1. The van der Waals surface area contributed by atoms with E-state index in [1.54, 1.807) is 6.26 Å². The van der Waals surface area contributed by atoms with Crippen LogP contribution < -0.4 is 10.2 Å². The highest BCUT2D eigenvalue weighted by atomic mass is 16.5. The lowest BCUT2D eigenvalue weighted by atomic mass is 10.1. The lowest BCUT2D eigenvalue weighted by Gasteiger charge is -2.22. The van der Waals surface area contributed by atoms with E-state index in [9.17, 15) is 5.11 Å². The normalized spacial score (nSPS) is 23.3. The summed E-state index contributed by atoms with van der Waals surface area (Å²) in [5.74, 6) is 2.17. The number of aliphatic hydroxyl groups is 1. The van der Waals surface area contributed by atoms with Gasteiger partial charge in [-0.3, -0.25) is 0 Å². The highest BCUT2D eigenvalue weighted by molar-refractivity contribution is 5.58. The van der Waals surface area contributed by atoms with Crippen LogP contribution in [0.3, 0.4) is 0 Å². The summed E-state index contributed by atoms with van der Waals surface area (Å²) < 4.78 is 11.4. The van der Waals surface area contributed by atoms with E-state index >= 15 is 0 Å². The maximum atomic E-state index is 10.4. The largest absolute Gasteiger partial charge is 0.461 e. The molecule has 7 heteroatoms. The molecule has 2 aromatic rings. The molecule has 0 amide bonds. The van der Waals surface area contributed by atoms with Crippen LogP contribution in [0.1, 0.15) is 25.1 Å². The second-order valence-corrected chi connectivity index (χ2v) is 7.22. The molecule has 0 unspecified atom stereocenters. The minimum Gasteiger partial charge on any atom is -0.461 e. The highest BCUT2D eigenvalue weighted by Gasteiger charge is 2.35. The second-order valence-electron chi connectivity index (χ2n) is 7.22. The second kappa shape index (κ2) is 7.34. The zero-order chi connectivity index (χ0) is 18.1. The number of β-amino-alcohol motifs (C(OH)–C–C–N with tert-alkyl or cyclic N) is 1. The Bertz CT molecular complexity index is 747. The van der Waals surface area contributed by atoms with Crippen LogP contribution in [-0.4, -0.2) is 59.6 Å². The number of hydrogen-bond acceptors (Lipinski definition) is 7. The first kappa shape index (κ1) is 17.5. The van der Waals surface area contributed by atoms with Gasteiger partial charge >= 0.3 is 0 Å². The van der Waals surface area contributed by atoms with Crippen molar-refractivity contribution in [3.8, 4) is 11.6 Å². The monoisotopic (exact) mass is 358 g/mol. The van der Waals surface area contributed by atoms with Crippen molar-refractivity contribution in [3.63, 3.8) is 0 Å². The van der Waals surface area contributed by atoms with Gasteiger partial charge in [-0.25, -0.2) is 9.97 Å². The fraction of sp³-hybridized carbons (Fsp3) is 0.579. The molecule has 0 spiro atoms. The van der Waals surface area contributed by atoms with Crippen LogP contribution in [0.5, 0.6) is 0 Å². The third kappa shape index (κ3) is 3.47. The van der Waals surface area contributed by atoms with Crippen molar-refractivity contribution in [2.45, 2.75) is 45.0 Å². The lowest BCUT2D eigenvalue weighted by molar-refractivity contribution is -0.0386. The maximum absolute atomic E-state index is 10.4. The van der Waals surface area contributed by atoms with E-state index in [1.807, 2.05) is 26.0 Å². The number of aliphatic hydroxyl groups excluding tert-OH is 1. The molecule has 0 bridgehead atoms. The molecule has 0 aliphatic carbocycles. The fourth-order valence-corrected chi connectivity index (χ4v) is 3.72. The van der Waals surface area contributed by atoms with Crippen LogP contribution >= 0.6 is 0 Å². The number of furan rings is 1. The van der Waals surface area contributed by atoms with E-state index in [4.69, 9.17) is 19.1 Å². The van der Waals surface area contributed by atoms with Gasteiger partial charge in [0.25, 0.3) is 0 Å². The Labute approximate surface area is 153 Å². The van der Waals surface area contributed by atoms with Crippen molar-refractivity contribution in [1.82, 2.24) is 15.3 Å². The highest BCUT2D eigenvalue weighted by Crippen LogP contribution is 2.30. The van der Waals surface area contributed by atoms with Gasteiger partial charge in [0.1, 0.15) is 11.9 Å². The maximum Gasteiger partial charge on any atom is 0.197 e. The number of aromatic nitrogens is 2. The summed E-state index contributed by atoms with van der Waals surface area (Å²) in [6.07, 6.45) is 2.75. The average molecular weight is 358 g/mol. The summed E-state index contributed by atoms with van der Waals surface area (Å²) in [5, 5.41) is 13.9. The van der Waals surface area contributed by atoms with Crippen molar-refractivity contribution in [2.75, 3.05) is 31.1 Å². The Balaban J connectivity index is 1.71. The van der Waals surface area contributed by atoms with Crippen LogP contribution in [0, 0.1) is 0 Å². The van der Waals surface area contributed by atoms with Crippen LogP contribution in [0.4, 0.5) is 5.82 Å². The van der Waals surface area contributed by atoms with Crippen molar-refractivity contribution in [3.05, 3.63) is 29.7 Å². The van der Waals surface area contributed by atoms with Gasteiger partial charge in [0, 0.05) is 31.6 Å². The average Bonchev–Trinajstić information content (AvgIpc) is 3.19. The summed E-state index contributed by atoms with van der Waals surface area (Å²) in [4.78, 5) is 11.7. The number of fused-ring (bicyclic) bond motifs is 1. The molecule has 2 aliphatic rings. The number of anilines is 1. The zero-order valence-electron chi connectivity index (χ0n) is 15.3. The first-order valence-corrected chi connectivity index (χ1v) is 9.34. The summed E-state index contributed by atoms with van der Waals surface area (Å²) in [6.45, 7) is 6.95. The van der Waals surface area contributed by atoms with Gasteiger partial charge in [0.2, 0.25) is 0 Å². The summed E-state index contributed by atoms with van der Waals surface area (Å²) in [6, 6.07) is 3.72. The molecule has 2 N–H and O–H groups in total. The van der Waals surface area contributed by atoms with Crippen molar-refractivity contribution < 1.29 is 14.3 Å². The van der Waals surface area contributed by atoms with Crippen LogP contribution in [0.25, 0.3) is 11.6 Å². The van der Waals surface area contributed by atoms with E-state index in [0.29, 0.717) is 24.7 Å². The Morgan fingerprint density at radius 3 is 2.88 bits per heavy atom. The minimum atomic E-state index is -0.515. The van der Waals surface area contributed by atoms with Gasteiger partial charge in [0.05, 0.1) is 24.2 Å². The molecule has 2 aliphatic heterocycles. The molecule has 2 atom stereocenters. The molecule has 140 valence electrons. The first-order valence-electron chi connectivity index (χ1n) is 9.34. The van der Waals surface area contributed by atoms with Gasteiger partial charge in [-0.1, -0.05) is 0 Å². The fourth-order valence-electron chi connectivity index (χ4n) is 3.72. The van der Waals surface area contributed by atoms with Gasteiger partial charge in [-0.05, 0) is 38.9 Å². The van der Waals surface area contributed by atoms with Crippen molar-refractivity contribution in [1.29, 1.82) is 0 Å². The molecule has 0 radical (unpaired) electrons. The molecule has 0 saturated carbocycles. The van der Waals surface area contributed by atoms with Gasteiger partial charge in [-0.15, -0.1) is 0 Å². The third-order valence-corrected chi connectivity index (χ3v) is 4.89. The minimum absolute atomic E-state index is 0.0833. The van der Waals surface area contributed by atoms with E-state index in [1.165, 1.54) is 5.56 Å². The molecule has 1 fully saturated rings. The number of hydrogen-bond donors (Lipinski definition) is 2. The van der Waals surface area contributed by atoms with Gasteiger partial charge in [-0.2, -0.15) is 0 Å². The van der Waals surface area contributed by atoms with Gasteiger partial charge < -0.3 is 24.5 Å². The molecule has 1 saturated heterocycles. The number of rotatable bonds is 4. The predicted octanol–water partition coefficient (Wildman–Crippen LogP) is 1.40. The standard InChI is InChI=1S/C19H26N4O3/c1-12(2)26-17-11-23(10-15(17)24)19-13-5-7-20-8-6-14(13)21-18(22-19)16-4-3-9-25-16/h3-4,9,12,15,17,20,24H,5-8,10-11H2,1-2H3/t15-,17-/m0/s1. The lowest BCUT2D eigenvalue weighted by Crippen LogP contribution is -2.29. The van der Waals surface area contributed by atoms with Crippen molar-refractivity contribution >= 4 is 5.82 Å². The van der Waals surface area contributed by atoms with Crippen molar-refractivity contribution in [2.24, 2.45) is 0 Å². The Hall–Kier alpha value is -1.96. The Morgan fingerprint density at radius 1 is 1.27 bits per heavy atom. The summed E-state index contributed by atoms with van der Waals surface area (Å²) >= 11 is 0. The number of ether oxygens (including phenoxy) is 1. The van der Waals surface area contributed by atoms with Crippen LogP contribution in [0.15, 0.2) is 22.8 Å². The molecular weight excluding hydrogens is 332 g/mol. The van der Waals surface area contributed by atoms with Gasteiger partial charge in [0.15, 0.2) is 11.6 Å². The van der Waals surface area contributed by atoms with E-state index < -0.39 is 6.10 Å². The van der Waals surface area contributed by atoms with E-state index in [-0.39, 0.29) is 12.2 Å². The zero-order valence-corrected chi connectivity index (χ0v) is 15.3. The molecule has 2 aromatic heterocycles. The smallest absolute Gasteiger partial charge is 0.197 e. The summed E-state index contributed by atoms with van der Waals surface area (Å²) in [5.41, 5.74) is 2.23. The molecule has 4 heterocycles. The number of nitrogens with zero attached hydrogens (tertiary/aromatic N) is 3. The van der Waals surface area contributed by atoms with E-state index in [2.05, 4.69) is 10.2 Å². The Kier molecular flexibility index (Phi) is 4.93. The topological polar surface area (TPSA) is 83.7 Å². The molecule has 7 nitrogen and oxygen atoms in total. The molecular formula is C19H26N4O3. The SMILES string of the molecule is CC(C)O[C@H]1CN(c2nc(-c3ccco3)nc3c2CCNCC3)C[C@@H]1O. The molecule has 26 heavy (non-hydrogen) atoms. The van der Waals surface area contributed by atoms with Crippen LogP contribution in [0.2, 0.25) is 0 Å². The quantitative estimate of drug-likeness (QED) is 0.855.